The number of carbonyl (C=O) groups is 3. The summed E-state index contributed by atoms with van der Waals surface area (Å²) >= 11 is 15.3. The molecule has 2 N–H and O–H groups in total. The molecule has 0 aliphatic carbocycles. The fraction of sp³-hybridized carbons (Fsp3) is 0. The molecule has 0 aromatic heterocycles. The molecule has 7 nitrogen and oxygen atoms in total. The van der Waals surface area contributed by atoms with Crippen molar-refractivity contribution in [1.29, 1.82) is 0 Å². The molecule has 36 heavy (non-hydrogen) atoms. The zero-order valence-electron chi connectivity index (χ0n) is 18.3. The van der Waals surface area contributed by atoms with Crippen LogP contribution in [0.4, 0.5) is 5.69 Å². The standard InChI is InChI=1S/C26H16BrCl2N3O4/c27-16-6-9-18(10-7-16)31-24(33)25(34)32-30-14-21-19-4-2-1-3-15(19)5-12-23(21)36-26(35)20-11-8-17(28)13-22(20)29/h1-14H,(H,31,33)(H,32,34)/b30-14-. The monoisotopic (exact) mass is 583 g/mol. The van der Waals surface area contributed by atoms with Gasteiger partial charge in [-0.2, -0.15) is 5.10 Å². The number of hydrogen-bond donors (Lipinski definition) is 2. The first-order valence-electron chi connectivity index (χ1n) is 10.4. The molecule has 4 aromatic carbocycles. The molecule has 0 bridgehead atoms. The summed E-state index contributed by atoms with van der Waals surface area (Å²) < 4.78 is 6.43. The van der Waals surface area contributed by atoms with Crippen LogP contribution in [0.1, 0.15) is 15.9 Å². The van der Waals surface area contributed by atoms with Crippen LogP contribution in [0.25, 0.3) is 10.8 Å². The smallest absolute Gasteiger partial charge is 0.345 e. The number of amides is 2. The van der Waals surface area contributed by atoms with E-state index in [1.807, 2.05) is 24.3 Å². The van der Waals surface area contributed by atoms with Gasteiger partial charge in [0.15, 0.2) is 0 Å². The molecule has 0 saturated carbocycles. The SMILES string of the molecule is O=C(N/N=C\c1c(OC(=O)c2ccc(Cl)cc2Cl)ccc2ccccc12)C(=O)Nc1ccc(Br)cc1. The van der Waals surface area contributed by atoms with Crippen LogP contribution in [0.2, 0.25) is 10.0 Å². The summed E-state index contributed by atoms with van der Waals surface area (Å²) in [5.41, 5.74) is 3.19. The predicted molar refractivity (Wildman–Crippen MR) is 144 cm³/mol. The number of hydrazone groups is 1. The van der Waals surface area contributed by atoms with Gasteiger partial charge in [0, 0.05) is 20.7 Å². The van der Waals surface area contributed by atoms with E-state index in [1.54, 1.807) is 36.4 Å². The lowest BCUT2D eigenvalue weighted by molar-refractivity contribution is -0.136. The Morgan fingerprint density at radius 3 is 2.39 bits per heavy atom. The van der Waals surface area contributed by atoms with Crippen molar-refractivity contribution in [1.82, 2.24) is 5.43 Å². The van der Waals surface area contributed by atoms with Crippen LogP contribution in [-0.4, -0.2) is 24.0 Å². The number of fused-ring (bicyclic) bond motifs is 1. The second kappa shape index (κ2) is 11.3. The van der Waals surface area contributed by atoms with E-state index in [4.69, 9.17) is 27.9 Å². The van der Waals surface area contributed by atoms with Crippen LogP contribution in [0.15, 0.2) is 88.4 Å². The van der Waals surface area contributed by atoms with Crippen LogP contribution in [0.3, 0.4) is 0 Å². The Bertz CT molecular complexity index is 1510. The minimum atomic E-state index is -0.971. The number of rotatable bonds is 5. The molecule has 2 amide bonds. The number of halogens is 3. The number of ether oxygens (including phenoxy) is 1. The zero-order valence-corrected chi connectivity index (χ0v) is 21.4. The number of hydrogen-bond acceptors (Lipinski definition) is 5. The van der Waals surface area contributed by atoms with E-state index in [-0.39, 0.29) is 16.3 Å². The molecule has 0 heterocycles. The first-order chi connectivity index (χ1) is 17.3. The minimum Gasteiger partial charge on any atom is -0.422 e. The van der Waals surface area contributed by atoms with Crippen LogP contribution in [0, 0.1) is 0 Å². The quantitative estimate of drug-likeness (QED) is 0.0957. The van der Waals surface area contributed by atoms with E-state index in [0.29, 0.717) is 21.7 Å². The Kier molecular flexibility index (Phi) is 8.00. The zero-order chi connectivity index (χ0) is 25.7. The molecule has 4 rings (SSSR count). The minimum absolute atomic E-state index is 0.134. The van der Waals surface area contributed by atoms with Gasteiger partial charge < -0.3 is 10.1 Å². The first-order valence-corrected chi connectivity index (χ1v) is 12.0. The van der Waals surface area contributed by atoms with Crippen molar-refractivity contribution in [3.05, 3.63) is 105 Å². The van der Waals surface area contributed by atoms with Gasteiger partial charge in [0.25, 0.3) is 0 Å². The average molecular weight is 585 g/mol. The maximum atomic E-state index is 12.8. The Labute approximate surface area is 224 Å². The highest BCUT2D eigenvalue weighted by molar-refractivity contribution is 9.10. The summed E-state index contributed by atoms with van der Waals surface area (Å²) in [6.45, 7) is 0. The van der Waals surface area contributed by atoms with Gasteiger partial charge in [-0.05, 0) is 59.3 Å². The maximum absolute atomic E-state index is 12.8. The highest BCUT2D eigenvalue weighted by Crippen LogP contribution is 2.29. The van der Waals surface area contributed by atoms with Crippen LogP contribution in [-0.2, 0) is 9.59 Å². The number of benzene rings is 4. The molecular formula is C26H16BrCl2N3O4. The molecule has 0 atom stereocenters. The molecule has 0 fully saturated rings. The largest absolute Gasteiger partial charge is 0.422 e. The van der Waals surface area contributed by atoms with E-state index >= 15 is 0 Å². The van der Waals surface area contributed by atoms with E-state index in [1.165, 1.54) is 24.4 Å². The lowest BCUT2D eigenvalue weighted by Gasteiger charge is -2.11. The van der Waals surface area contributed by atoms with Gasteiger partial charge in [-0.1, -0.05) is 69.5 Å². The molecule has 0 saturated heterocycles. The van der Waals surface area contributed by atoms with E-state index in [2.05, 4.69) is 31.8 Å². The molecule has 10 heteroatoms. The second-order valence-corrected chi connectivity index (χ2v) is 9.13. The summed E-state index contributed by atoms with van der Waals surface area (Å²) in [5, 5.41) is 8.48. The van der Waals surface area contributed by atoms with E-state index in [9.17, 15) is 14.4 Å². The van der Waals surface area contributed by atoms with Crippen molar-refractivity contribution in [3.8, 4) is 5.75 Å². The number of nitrogens with one attached hydrogen (secondary N) is 2. The van der Waals surface area contributed by atoms with Gasteiger partial charge >= 0.3 is 17.8 Å². The van der Waals surface area contributed by atoms with E-state index in [0.717, 1.165) is 9.86 Å². The van der Waals surface area contributed by atoms with E-state index < -0.39 is 17.8 Å². The lowest BCUT2D eigenvalue weighted by Crippen LogP contribution is -2.32. The van der Waals surface area contributed by atoms with Crippen molar-refractivity contribution in [2.45, 2.75) is 0 Å². The third kappa shape index (κ3) is 6.09. The van der Waals surface area contributed by atoms with Gasteiger partial charge in [-0.15, -0.1) is 0 Å². The van der Waals surface area contributed by atoms with Crippen LogP contribution >= 0.6 is 39.1 Å². The van der Waals surface area contributed by atoms with Crippen molar-refractivity contribution in [3.63, 3.8) is 0 Å². The van der Waals surface area contributed by atoms with Crippen molar-refractivity contribution >= 4 is 79.6 Å². The molecule has 0 radical (unpaired) electrons. The summed E-state index contributed by atoms with van der Waals surface area (Å²) in [6, 6.07) is 21.9. The molecule has 0 spiro atoms. The number of nitrogens with zero attached hydrogens (tertiary/aromatic N) is 1. The van der Waals surface area contributed by atoms with Crippen LogP contribution < -0.4 is 15.5 Å². The van der Waals surface area contributed by atoms with Gasteiger partial charge in [0.1, 0.15) is 5.75 Å². The average Bonchev–Trinajstić information content (AvgIpc) is 2.86. The van der Waals surface area contributed by atoms with Gasteiger partial charge in [-0.3, -0.25) is 9.59 Å². The third-order valence-corrected chi connectivity index (χ3v) is 6.03. The Hall–Kier alpha value is -3.72. The van der Waals surface area contributed by atoms with Crippen LogP contribution in [0.5, 0.6) is 5.75 Å². The summed E-state index contributed by atoms with van der Waals surface area (Å²) in [7, 11) is 0. The lowest BCUT2D eigenvalue weighted by atomic mass is 10.0. The second-order valence-electron chi connectivity index (χ2n) is 7.37. The predicted octanol–water partition coefficient (Wildman–Crippen LogP) is 6.22. The number of anilines is 1. The Morgan fingerprint density at radius 2 is 1.64 bits per heavy atom. The summed E-state index contributed by atoms with van der Waals surface area (Å²) in [4.78, 5) is 37.2. The summed E-state index contributed by atoms with van der Waals surface area (Å²) in [5.74, 6) is -2.38. The topological polar surface area (TPSA) is 96.9 Å². The molecular weight excluding hydrogens is 569 g/mol. The normalized spacial score (nSPS) is 10.9. The fourth-order valence-electron chi connectivity index (χ4n) is 3.23. The summed E-state index contributed by atoms with van der Waals surface area (Å²) in [6.07, 6.45) is 1.30. The first kappa shape index (κ1) is 25.4. The highest BCUT2D eigenvalue weighted by Gasteiger charge is 2.17. The number of esters is 1. The fourth-order valence-corrected chi connectivity index (χ4v) is 3.98. The number of carbonyl (C=O) groups excluding carboxylic acids is 3. The molecule has 0 aliphatic rings. The van der Waals surface area contributed by atoms with Gasteiger partial charge in [0.05, 0.1) is 16.8 Å². The highest BCUT2D eigenvalue weighted by atomic mass is 79.9. The molecule has 0 aliphatic heterocycles. The van der Waals surface area contributed by atoms with Crippen molar-refractivity contribution in [2.24, 2.45) is 5.10 Å². The van der Waals surface area contributed by atoms with Crippen molar-refractivity contribution in [2.75, 3.05) is 5.32 Å². The third-order valence-electron chi connectivity index (χ3n) is 4.95. The van der Waals surface area contributed by atoms with Crippen molar-refractivity contribution < 1.29 is 19.1 Å². The Morgan fingerprint density at radius 1 is 0.889 bits per heavy atom. The Balaban J connectivity index is 1.55. The van der Waals surface area contributed by atoms with Gasteiger partial charge in [0.2, 0.25) is 0 Å². The molecule has 0 unspecified atom stereocenters. The molecule has 180 valence electrons. The molecule has 4 aromatic rings. The maximum Gasteiger partial charge on any atom is 0.345 e. The van der Waals surface area contributed by atoms with Gasteiger partial charge in [-0.25, -0.2) is 10.2 Å².